The first-order valence-corrected chi connectivity index (χ1v) is 16.9. The van der Waals surface area contributed by atoms with E-state index < -0.39 is 43.6 Å². The van der Waals surface area contributed by atoms with Crippen molar-refractivity contribution >= 4 is 20.9 Å². The number of aromatic nitrogens is 5. The molecule has 9 nitrogen and oxygen atoms in total. The Hall–Kier alpha value is -4.23. The average molecular weight is 667 g/mol. The summed E-state index contributed by atoms with van der Waals surface area (Å²) in [5.74, 6) is 0.958. The molecule has 1 aliphatic rings. The molecule has 2 aromatic carbocycles. The molecule has 6 rings (SSSR count). The predicted molar refractivity (Wildman–Crippen MR) is 173 cm³/mol. The lowest BCUT2D eigenvalue weighted by molar-refractivity contribution is -0.136. The summed E-state index contributed by atoms with van der Waals surface area (Å²) in [6, 6.07) is 13.9. The highest BCUT2D eigenvalue weighted by Crippen LogP contribution is 2.38. The summed E-state index contributed by atoms with van der Waals surface area (Å²) in [5, 5.41) is 7.73. The molecule has 3 aromatic heterocycles. The van der Waals surface area contributed by atoms with Gasteiger partial charge in [-0.1, -0.05) is 36.8 Å². The van der Waals surface area contributed by atoms with E-state index in [9.17, 15) is 26.4 Å². The van der Waals surface area contributed by atoms with Crippen molar-refractivity contribution in [2.24, 2.45) is 13.0 Å². The molecule has 248 valence electrons. The standard InChI is InChI=1S/C34H37F3N6O3S/c1-22-11-13-27(14-12-22)47(45,46)43-26(19-41-15-7-8-23(2)18-41)17-28-29(34(35,36)37)20-42(31(44)30(28)43)25-10-6-9-24(16-25)33(3,4)32-39-38-21-40(32)5/h6,9-14,16-17,20-21,23H,7-8,15,18-19H2,1-5H3/t23-/m0/s1. The maximum atomic E-state index is 14.9. The van der Waals surface area contributed by atoms with E-state index >= 15 is 0 Å². The summed E-state index contributed by atoms with van der Waals surface area (Å²) in [7, 11) is -2.70. The lowest BCUT2D eigenvalue weighted by Gasteiger charge is -2.31. The Morgan fingerprint density at radius 3 is 2.40 bits per heavy atom. The summed E-state index contributed by atoms with van der Waals surface area (Å²) in [5.41, 5.74) is -1.50. The summed E-state index contributed by atoms with van der Waals surface area (Å²) in [4.78, 5) is 16.3. The van der Waals surface area contributed by atoms with Crippen LogP contribution >= 0.6 is 0 Å². The number of halogens is 3. The van der Waals surface area contributed by atoms with Gasteiger partial charge >= 0.3 is 6.18 Å². The molecule has 13 heteroatoms. The molecule has 0 aliphatic carbocycles. The first kappa shape index (κ1) is 32.7. The van der Waals surface area contributed by atoms with E-state index in [-0.39, 0.29) is 22.8 Å². The van der Waals surface area contributed by atoms with Crippen molar-refractivity contribution in [1.29, 1.82) is 0 Å². The van der Waals surface area contributed by atoms with Gasteiger partial charge in [0.05, 0.1) is 10.5 Å². The van der Waals surface area contributed by atoms with Gasteiger partial charge in [0.2, 0.25) is 0 Å². The quantitative estimate of drug-likeness (QED) is 0.210. The van der Waals surface area contributed by atoms with Crippen LogP contribution in [-0.2, 0) is 35.2 Å². The highest BCUT2D eigenvalue weighted by Gasteiger charge is 2.38. The van der Waals surface area contributed by atoms with E-state index in [1.807, 2.05) is 18.7 Å². The summed E-state index contributed by atoms with van der Waals surface area (Å²) < 4.78 is 76.8. The second-order valence-electron chi connectivity index (χ2n) is 13.1. The van der Waals surface area contributed by atoms with Crippen molar-refractivity contribution in [3.63, 3.8) is 0 Å². The third-order valence-electron chi connectivity index (χ3n) is 9.11. The molecule has 47 heavy (non-hydrogen) atoms. The molecule has 0 N–H and O–H groups in total. The highest BCUT2D eigenvalue weighted by atomic mass is 32.2. The van der Waals surface area contributed by atoms with Crippen LogP contribution in [0.4, 0.5) is 13.2 Å². The topological polar surface area (TPSA) is 95.0 Å². The van der Waals surface area contributed by atoms with Crippen LogP contribution in [0, 0.1) is 12.8 Å². The predicted octanol–water partition coefficient (Wildman–Crippen LogP) is 6.04. The molecule has 0 spiro atoms. The SMILES string of the molecule is Cc1ccc(S(=O)(=O)n2c(CN3CCC[C@H](C)C3)cc3c(C(F)(F)F)cn(-c4cccc(C(C)(C)c5nncn5C)c4)c(=O)c32)cc1. The molecule has 0 bridgehead atoms. The van der Waals surface area contributed by atoms with Gasteiger partial charge in [-0.25, -0.2) is 12.4 Å². The van der Waals surface area contributed by atoms with Crippen molar-refractivity contribution in [2.75, 3.05) is 13.1 Å². The van der Waals surface area contributed by atoms with Crippen molar-refractivity contribution < 1.29 is 21.6 Å². The molecular weight excluding hydrogens is 629 g/mol. The Bertz CT molecular complexity index is 2130. The van der Waals surface area contributed by atoms with Crippen molar-refractivity contribution in [3.05, 3.63) is 106 Å². The second-order valence-corrected chi connectivity index (χ2v) is 14.9. The third-order valence-corrected chi connectivity index (χ3v) is 10.9. The number of fused-ring (bicyclic) bond motifs is 1. The fourth-order valence-electron chi connectivity index (χ4n) is 6.63. The maximum Gasteiger partial charge on any atom is 0.418 e. The van der Waals surface area contributed by atoms with Crippen LogP contribution in [0.25, 0.3) is 16.6 Å². The summed E-state index contributed by atoms with van der Waals surface area (Å²) >= 11 is 0. The highest BCUT2D eigenvalue weighted by molar-refractivity contribution is 7.90. The molecule has 5 aromatic rings. The molecular formula is C34H37F3N6O3S. The number of hydrogen-bond donors (Lipinski definition) is 0. The number of pyridine rings is 1. The van der Waals surface area contributed by atoms with Crippen LogP contribution in [0.2, 0.25) is 0 Å². The number of likely N-dealkylation sites (tertiary alicyclic amines) is 1. The molecule has 0 saturated carbocycles. The average Bonchev–Trinajstić information content (AvgIpc) is 3.61. The van der Waals surface area contributed by atoms with Crippen molar-refractivity contribution in [1.82, 2.24) is 28.2 Å². The first-order valence-electron chi connectivity index (χ1n) is 15.5. The molecule has 0 unspecified atom stereocenters. The van der Waals surface area contributed by atoms with Crippen molar-refractivity contribution in [2.45, 2.75) is 63.6 Å². The van der Waals surface area contributed by atoms with E-state index in [1.165, 1.54) is 24.3 Å². The lowest BCUT2D eigenvalue weighted by atomic mass is 9.83. The number of alkyl halides is 3. The minimum absolute atomic E-state index is 0.0717. The molecule has 0 amide bonds. The van der Waals surface area contributed by atoms with E-state index in [0.717, 1.165) is 33.1 Å². The molecule has 1 aliphatic heterocycles. The monoisotopic (exact) mass is 666 g/mol. The summed E-state index contributed by atoms with van der Waals surface area (Å²) in [6.07, 6.45) is -0.668. The maximum absolute atomic E-state index is 14.9. The van der Waals surface area contributed by atoms with E-state index in [4.69, 9.17) is 0 Å². The van der Waals surface area contributed by atoms with Gasteiger partial charge in [0.25, 0.3) is 15.6 Å². The number of nitrogens with zero attached hydrogens (tertiary/aromatic N) is 6. The summed E-state index contributed by atoms with van der Waals surface area (Å²) in [6.45, 7) is 9.09. The minimum Gasteiger partial charge on any atom is -0.320 e. The fraction of sp³-hybridized carbons (Fsp3) is 0.382. The van der Waals surface area contributed by atoms with Crippen LogP contribution in [0.5, 0.6) is 0 Å². The van der Waals surface area contributed by atoms with Gasteiger partial charge in [0.1, 0.15) is 17.7 Å². The van der Waals surface area contributed by atoms with Gasteiger partial charge < -0.3 is 4.57 Å². The van der Waals surface area contributed by atoms with E-state index in [1.54, 1.807) is 55.2 Å². The van der Waals surface area contributed by atoms with Gasteiger partial charge in [-0.15, -0.1) is 10.2 Å². The third kappa shape index (κ3) is 5.91. The first-order chi connectivity index (χ1) is 22.1. The lowest BCUT2D eigenvalue weighted by Crippen LogP contribution is -2.35. The van der Waals surface area contributed by atoms with Crippen LogP contribution in [-0.4, -0.2) is 49.7 Å². The molecule has 1 fully saturated rings. The van der Waals surface area contributed by atoms with Gasteiger partial charge in [-0.3, -0.25) is 14.3 Å². The zero-order chi connectivity index (χ0) is 33.9. The largest absolute Gasteiger partial charge is 0.418 e. The van der Waals surface area contributed by atoms with E-state index in [0.29, 0.717) is 30.4 Å². The Kier molecular flexibility index (Phi) is 8.20. The zero-order valence-electron chi connectivity index (χ0n) is 26.9. The van der Waals surface area contributed by atoms with Crippen LogP contribution in [0.1, 0.15) is 61.8 Å². The molecule has 0 radical (unpaired) electrons. The van der Waals surface area contributed by atoms with Crippen molar-refractivity contribution in [3.8, 4) is 5.69 Å². The Labute approximate surface area is 271 Å². The van der Waals surface area contributed by atoms with E-state index in [2.05, 4.69) is 17.1 Å². The number of rotatable bonds is 7. The number of aryl methyl sites for hydroxylation is 2. The Balaban J connectivity index is 1.63. The molecule has 1 atom stereocenters. The van der Waals surface area contributed by atoms with Gasteiger partial charge in [0, 0.05) is 48.5 Å². The van der Waals surface area contributed by atoms with Crippen LogP contribution in [0.3, 0.4) is 0 Å². The van der Waals surface area contributed by atoms with Crippen LogP contribution in [0.15, 0.2) is 76.8 Å². The number of piperidine rings is 1. The fourth-order valence-corrected chi connectivity index (χ4v) is 8.15. The zero-order valence-corrected chi connectivity index (χ0v) is 27.7. The molecule has 4 heterocycles. The van der Waals surface area contributed by atoms with Gasteiger partial charge in [-0.05, 0) is 82.0 Å². The van der Waals surface area contributed by atoms with Gasteiger partial charge in [-0.2, -0.15) is 13.2 Å². The number of hydrogen-bond acceptors (Lipinski definition) is 6. The second kappa shape index (κ2) is 11.8. The Morgan fingerprint density at radius 1 is 1.04 bits per heavy atom. The smallest absolute Gasteiger partial charge is 0.320 e. The molecule has 1 saturated heterocycles. The normalized spacial score (nSPS) is 16.6. The van der Waals surface area contributed by atoms with Crippen LogP contribution < -0.4 is 5.56 Å². The number of benzene rings is 2. The Morgan fingerprint density at radius 2 is 1.77 bits per heavy atom. The minimum atomic E-state index is -4.89. The van der Waals surface area contributed by atoms with Gasteiger partial charge in [0.15, 0.2) is 0 Å².